The van der Waals surface area contributed by atoms with Crippen LogP contribution < -0.4 is 5.32 Å². The van der Waals surface area contributed by atoms with Crippen LogP contribution in [0.25, 0.3) is 11.3 Å². The van der Waals surface area contributed by atoms with Gasteiger partial charge in [-0.15, -0.1) is 11.3 Å². The molecule has 0 aliphatic rings. The number of thiazole rings is 1. The van der Waals surface area contributed by atoms with Crippen LogP contribution in [0.3, 0.4) is 0 Å². The first kappa shape index (κ1) is 17.4. The largest absolute Gasteiger partial charge is 0.302 e. The lowest BCUT2D eigenvalue weighted by atomic mass is 10.1. The van der Waals surface area contributed by atoms with E-state index in [1.165, 1.54) is 28.0 Å². The summed E-state index contributed by atoms with van der Waals surface area (Å²) in [4.78, 5) is 17.9. The third-order valence-electron chi connectivity index (χ3n) is 4.13. The van der Waals surface area contributed by atoms with Crippen molar-refractivity contribution in [1.82, 2.24) is 4.98 Å². The van der Waals surface area contributed by atoms with E-state index >= 15 is 0 Å². The van der Waals surface area contributed by atoms with E-state index in [0.717, 1.165) is 22.6 Å². The first-order chi connectivity index (χ1) is 12.0. The predicted molar refractivity (Wildman–Crippen MR) is 105 cm³/mol. The van der Waals surface area contributed by atoms with Crippen molar-refractivity contribution in [3.63, 3.8) is 0 Å². The molecule has 25 heavy (non-hydrogen) atoms. The Balaban J connectivity index is 1.62. The van der Waals surface area contributed by atoms with Gasteiger partial charge in [-0.3, -0.25) is 4.79 Å². The summed E-state index contributed by atoms with van der Waals surface area (Å²) in [6.07, 6.45) is 1.20. The summed E-state index contributed by atoms with van der Waals surface area (Å²) in [6.45, 7) is 6.17. The third-order valence-corrected chi connectivity index (χ3v) is 5.02. The monoisotopic (exact) mass is 350 g/mol. The molecule has 4 heteroatoms. The number of anilines is 1. The zero-order valence-electron chi connectivity index (χ0n) is 14.8. The van der Waals surface area contributed by atoms with E-state index in [1.807, 2.05) is 6.92 Å². The highest BCUT2D eigenvalue weighted by Gasteiger charge is 2.12. The second-order valence-corrected chi connectivity index (χ2v) is 7.53. The highest BCUT2D eigenvalue weighted by Crippen LogP contribution is 2.30. The second kappa shape index (κ2) is 7.62. The van der Waals surface area contributed by atoms with Gasteiger partial charge in [0.1, 0.15) is 0 Å². The van der Waals surface area contributed by atoms with Crippen LogP contribution in [0.15, 0.2) is 48.5 Å². The molecule has 1 aromatic heterocycles. The number of aromatic nitrogens is 1. The average molecular weight is 350 g/mol. The molecule has 3 aromatic rings. The molecule has 0 bridgehead atoms. The standard InChI is InChI=1S/C21H22N2OS/c1-14-4-8-17(9-5-14)10-13-19(24)22-21-23-20(16(3)25-21)18-11-6-15(2)7-12-18/h4-9,11-12H,10,13H2,1-3H3,(H,22,23,24). The van der Waals surface area contributed by atoms with Crippen LogP contribution in [-0.4, -0.2) is 10.9 Å². The summed E-state index contributed by atoms with van der Waals surface area (Å²) in [5.74, 6) is 0.00443. The second-order valence-electron chi connectivity index (χ2n) is 6.32. The first-order valence-electron chi connectivity index (χ1n) is 8.41. The molecule has 0 saturated heterocycles. The van der Waals surface area contributed by atoms with E-state index in [2.05, 4.69) is 72.7 Å². The Morgan fingerprint density at radius 1 is 0.960 bits per heavy atom. The van der Waals surface area contributed by atoms with E-state index < -0.39 is 0 Å². The SMILES string of the molecule is Cc1ccc(CCC(=O)Nc2nc(-c3ccc(C)cc3)c(C)s2)cc1. The summed E-state index contributed by atoms with van der Waals surface area (Å²) < 4.78 is 0. The number of hydrogen-bond donors (Lipinski definition) is 1. The van der Waals surface area contributed by atoms with Crippen LogP contribution in [0.2, 0.25) is 0 Å². The minimum Gasteiger partial charge on any atom is -0.302 e. The molecule has 1 N–H and O–H groups in total. The number of amides is 1. The fourth-order valence-electron chi connectivity index (χ4n) is 2.62. The van der Waals surface area contributed by atoms with Crippen LogP contribution in [0.1, 0.15) is 28.0 Å². The summed E-state index contributed by atoms with van der Waals surface area (Å²) in [5, 5.41) is 3.60. The van der Waals surface area contributed by atoms with E-state index in [1.54, 1.807) is 0 Å². The molecule has 1 amide bonds. The lowest BCUT2D eigenvalue weighted by Gasteiger charge is -2.03. The van der Waals surface area contributed by atoms with Crippen molar-refractivity contribution < 1.29 is 4.79 Å². The van der Waals surface area contributed by atoms with Gasteiger partial charge in [0.25, 0.3) is 0 Å². The zero-order valence-corrected chi connectivity index (χ0v) is 15.6. The minimum absolute atomic E-state index is 0.00443. The summed E-state index contributed by atoms with van der Waals surface area (Å²) in [6, 6.07) is 16.6. The molecule has 0 atom stereocenters. The number of nitrogens with one attached hydrogen (secondary N) is 1. The third kappa shape index (κ3) is 4.54. The maximum Gasteiger partial charge on any atom is 0.226 e. The number of nitrogens with zero attached hydrogens (tertiary/aromatic N) is 1. The molecule has 3 nitrogen and oxygen atoms in total. The molecule has 0 aliphatic carbocycles. The van der Waals surface area contributed by atoms with Crippen molar-refractivity contribution in [2.24, 2.45) is 0 Å². The van der Waals surface area contributed by atoms with E-state index in [-0.39, 0.29) is 5.91 Å². The van der Waals surface area contributed by atoms with Gasteiger partial charge in [-0.25, -0.2) is 4.98 Å². The van der Waals surface area contributed by atoms with E-state index in [9.17, 15) is 4.79 Å². The van der Waals surface area contributed by atoms with Gasteiger partial charge in [0.2, 0.25) is 5.91 Å². The van der Waals surface area contributed by atoms with Crippen molar-refractivity contribution in [3.05, 3.63) is 70.1 Å². The van der Waals surface area contributed by atoms with Crippen LogP contribution in [0.5, 0.6) is 0 Å². The van der Waals surface area contributed by atoms with Crippen molar-refractivity contribution in [2.45, 2.75) is 33.6 Å². The normalized spacial score (nSPS) is 10.7. The van der Waals surface area contributed by atoms with Gasteiger partial charge in [0.05, 0.1) is 5.69 Å². The Bertz CT molecular complexity index is 864. The number of carbonyl (C=O) groups is 1. The van der Waals surface area contributed by atoms with Crippen molar-refractivity contribution in [1.29, 1.82) is 0 Å². The zero-order chi connectivity index (χ0) is 17.8. The number of hydrogen-bond acceptors (Lipinski definition) is 3. The lowest BCUT2D eigenvalue weighted by molar-refractivity contribution is -0.116. The molecule has 0 spiro atoms. The minimum atomic E-state index is 0.00443. The smallest absolute Gasteiger partial charge is 0.226 e. The molecule has 0 saturated carbocycles. The molecular formula is C21H22N2OS. The molecule has 3 rings (SSSR count). The number of benzene rings is 2. The Morgan fingerprint density at radius 3 is 2.20 bits per heavy atom. The van der Waals surface area contributed by atoms with E-state index in [0.29, 0.717) is 11.6 Å². The fraction of sp³-hybridized carbons (Fsp3) is 0.238. The number of rotatable bonds is 5. The number of aryl methyl sites for hydroxylation is 4. The maximum absolute atomic E-state index is 12.2. The van der Waals surface area contributed by atoms with Crippen molar-refractivity contribution >= 4 is 22.4 Å². The summed E-state index contributed by atoms with van der Waals surface area (Å²) in [7, 11) is 0. The van der Waals surface area contributed by atoms with Crippen LogP contribution in [0.4, 0.5) is 5.13 Å². The molecule has 0 unspecified atom stereocenters. The van der Waals surface area contributed by atoms with Crippen LogP contribution >= 0.6 is 11.3 Å². The molecule has 1 heterocycles. The number of carbonyl (C=O) groups excluding carboxylic acids is 1. The molecule has 0 fully saturated rings. The molecular weight excluding hydrogens is 328 g/mol. The van der Waals surface area contributed by atoms with Gasteiger partial charge in [-0.1, -0.05) is 59.7 Å². The predicted octanol–water partition coefficient (Wildman–Crippen LogP) is 5.31. The lowest BCUT2D eigenvalue weighted by Crippen LogP contribution is -2.12. The summed E-state index contributed by atoms with van der Waals surface area (Å²) in [5.41, 5.74) is 5.66. The van der Waals surface area contributed by atoms with Gasteiger partial charge in [-0.05, 0) is 32.8 Å². The fourth-order valence-corrected chi connectivity index (χ4v) is 3.48. The van der Waals surface area contributed by atoms with Crippen molar-refractivity contribution in [2.75, 3.05) is 5.32 Å². The topological polar surface area (TPSA) is 42.0 Å². The van der Waals surface area contributed by atoms with E-state index in [4.69, 9.17) is 0 Å². The first-order valence-corrected chi connectivity index (χ1v) is 9.23. The maximum atomic E-state index is 12.2. The van der Waals surface area contributed by atoms with Gasteiger partial charge >= 0.3 is 0 Å². The highest BCUT2D eigenvalue weighted by molar-refractivity contribution is 7.16. The Labute approximate surface area is 152 Å². The van der Waals surface area contributed by atoms with Crippen molar-refractivity contribution in [3.8, 4) is 11.3 Å². The van der Waals surface area contributed by atoms with Crippen LogP contribution in [-0.2, 0) is 11.2 Å². The average Bonchev–Trinajstić information content (AvgIpc) is 2.95. The highest BCUT2D eigenvalue weighted by atomic mass is 32.1. The Hall–Kier alpha value is -2.46. The Kier molecular flexibility index (Phi) is 5.29. The Morgan fingerprint density at radius 2 is 1.56 bits per heavy atom. The molecule has 2 aromatic carbocycles. The molecule has 0 radical (unpaired) electrons. The van der Waals surface area contributed by atoms with Gasteiger partial charge in [-0.2, -0.15) is 0 Å². The van der Waals surface area contributed by atoms with Crippen LogP contribution in [0, 0.1) is 20.8 Å². The molecule has 0 aliphatic heterocycles. The van der Waals surface area contributed by atoms with Gasteiger partial charge in [0, 0.05) is 16.9 Å². The summed E-state index contributed by atoms with van der Waals surface area (Å²) >= 11 is 1.52. The van der Waals surface area contributed by atoms with Gasteiger partial charge < -0.3 is 5.32 Å². The molecule has 128 valence electrons. The quantitative estimate of drug-likeness (QED) is 0.678. The van der Waals surface area contributed by atoms with Gasteiger partial charge in [0.15, 0.2) is 5.13 Å².